The number of thioether (sulfide) groups is 1. The molecule has 0 spiro atoms. The minimum Gasteiger partial charge on any atom is -0.390 e. The van der Waals surface area contributed by atoms with Gasteiger partial charge < -0.3 is 15.2 Å². The van der Waals surface area contributed by atoms with Crippen molar-refractivity contribution in [1.29, 1.82) is 0 Å². The SMILES string of the molecule is CC(=O)Nc1ccc(SC[C@H](O)CO[C@@H]2CCCc3ccccc32)cc1. The lowest BCUT2D eigenvalue weighted by atomic mass is 9.89. The molecule has 0 bridgehead atoms. The lowest BCUT2D eigenvalue weighted by Crippen LogP contribution is -2.22. The number of aliphatic hydroxyl groups excluding tert-OH is 1. The Kier molecular flexibility index (Phi) is 6.72. The van der Waals surface area contributed by atoms with E-state index in [1.807, 2.05) is 24.3 Å². The molecule has 2 aromatic carbocycles. The van der Waals surface area contributed by atoms with Gasteiger partial charge in [0.1, 0.15) is 0 Å². The van der Waals surface area contributed by atoms with Crippen molar-refractivity contribution in [2.75, 3.05) is 17.7 Å². The summed E-state index contributed by atoms with van der Waals surface area (Å²) in [5.41, 5.74) is 3.42. The molecule has 0 unspecified atom stereocenters. The molecule has 2 atom stereocenters. The minimum absolute atomic E-state index is 0.0812. The van der Waals surface area contributed by atoms with E-state index in [1.165, 1.54) is 18.1 Å². The highest BCUT2D eigenvalue weighted by atomic mass is 32.2. The van der Waals surface area contributed by atoms with Gasteiger partial charge in [-0.15, -0.1) is 11.8 Å². The Labute approximate surface area is 159 Å². The monoisotopic (exact) mass is 371 g/mol. The van der Waals surface area contributed by atoms with Crippen molar-refractivity contribution < 1.29 is 14.6 Å². The molecule has 0 radical (unpaired) electrons. The second-order valence-corrected chi connectivity index (χ2v) is 7.68. The van der Waals surface area contributed by atoms with Gasteiger partial charge in [-0.3, -0.25) is 4.79 Å². The van der Waals surface area contributed by atoms with E-state index in [1.54, 1.807) is 11.8 Å². The summed E-state index contributed by atoms with van der Waals surface area (Å²) in [7, 11) is 0. The van der Waals surface area contributed by atoms with Crippen molar-refractivity contribution in [2.24, 2.45) is 0 Å². The highest BCUT2D eigenvalue weighted by Gasteiger charge is 2.21. The first-order valence-electron chi connectivity index (χ1n) is 9.00. The number of hydrogen-bond acceptors (Lipinski definition) is 4. The van der Waals surface area contributed by atoms with Crippen LogP contribution in [0.5, 0.6) is 0 Å². The van der Waals surface area contributed by atoms with Crippen LogP contribution in [0.1, 0.15) is 37.0 Å². The normalized spacial score (nSPS) is 17.4. The number of aryl methyl sites for hydroxylation is 1. The molecular weight excluding hydrogens is 346 g/mol. The molecule has 5 heteroatoms. The van der Waals surface area contributed by atoms with Crippen LogP contribution in [0.25, 0.3) is 0 Å². The highest BCUT2D eigenvalue weighted by molar-refractivity contribution is 7.99. The van der Waals surface area contributed by atoms with Crippen LogP contribution in [0.3, 0.4) is 0 Å². The van der Waals surface area contributed by atoms with E-state index in [0.717, 1.165) is 29.8 Å². The number of carbonyl (C=O) groups is 1. The van der Waals surface area contributed by atoms with E-state index in [0.29, 0.717) is 12.4 Å². The molecule has 0 aliphatic heterocycles. The van der Waals surface area contributed by atoms with Crippen LogP contribution in [-0.2, 0) is 16.0 Å². The topological polar surface area (TPSA) is 58.6 Å². The van der Waals surface area contributed by atoms with Crippen molar-refractivity contribution in [3.05, 3.63) is 59.7 Å². The summed E-state index contributed by atoms with van der Waals surface area (Å²) in [6.07, 6.45) is 2.85. The summed E-state index contributed by atoms with van der Waals surface area (Å²) in [4.78, 5) is 12.1. The molecule has 1 amide bonds. The minimum atomic E-state index is -0.510. The first-order chi connectivity index (χ1) is 12.6. The molecule has 3 rings (SSSR count). The maximum Gasteiger partial charge on any atom is 0.221 e. The van der Waals surface area contributed by atoms with Gasteiger partial charge in [-0.05, 0) is 54.7 Å². The predicted molar refractivity (Wildman–Crippen MR) is 106 cm³/mol. The fraction of sp³-hybridized carbons (Fsp3) is 0.381. The third kappa shape index (κ3) is 5.34. The Balaban J connectivity index is 1.45. The smallest absolute Gasteiger partial charge is 0.221 e. The lowest BCUT2D eigenvalue weighted by Gasteiger charge is -2.26. The Bertz CT molecular complexity index is 732. The van der Waals surface area contributed by atoms with E-state index >= 15 is 0 Å². The van der Waals surface area contributed by atoms with Gasteiger partial charge in [0.2, 0.25) is 5.91 Å². The first kappa shape index (κ1) is 19.0. The number of fused-ring (bicyclic) bond motifs is 1. The lowest BCUT2D eigenvalue weighted by molar-refractivity contribution is -0.114. The average Bonchev–Trinajstić information content (AvgIpc) is 2.65. The van der Waals surface area contributed by atoms with Crippen LogP contribution in [0.4, 0.5) is 5.69 Å². The van der Waals surface area contributed by atoms with Crippen LogP contribution >= 0.6 is 11.8 Å². The van der Waals surface area contributed by atoms with E-state index in [2.05, 4.69) is 29.6 Å². The molecular formula is C21H25NO3S. The fourth-order valence-corrected chi connectivity index (χ4v) is 4.00. The first-order valence-corrected chi connectivity index (χ1v) is 9.98. The van der Waals surface area contributed by atoms with Crippen molar-refractivity contribution >= 4 is 23.4 Å². The van der Waals surface area contributed by atoms with Crippen molar-refractivity contribution in [3.63, 3.8) is 0 Å². The summed E-state index contributed by atoms with van der Waals surface area (Å²) >= 11 is 1.59. The maximum absolute atomic E-state index is 11.0. The Morgan fingerprint density at radius 2 is 2.04 bits per heavy atom. The largest absolute Gasteiger partial charge is 0.390 e. The van der Waals surface area contributed by atoms with Gasteiger partial charge >= 0.3 is 0 Å². The second-order valence-electron chi connectivity index (χ2n) is 6.58. The summed E-state index contributed by atoms with van der Waals surface area (Å²) in [6, 6.07) is 16.1. The van der Waals surface area contributed by atoms with Gasteiger partial charge in [0.15, 0.2) is 0 Å². The van der Waals surface area contributed by atoms with E-state index < -0.39 is 6.10 Å². The van der Waals surface area contributed by atoms with Crippen LogP contribution < -0.4 is 5.32 Å². The number of nitrogens with one attached hydrogen (secondary N) is 1. The maximum atomic E-state index is 11.0. The zero-order valence-electron chi connectivity index (χ0n) is 15.0. The number of anilines is 1. The van der Waals surface area contributed by atoms with Crippen molar-refractivity contribution in [2.45, 2.75) is 43.3 Å². The Morgan fingerprint density at radius 3 is 2.81 bits per heavy atom. The summed E-state index contributed by atoms with van der Waals surface area (Å²) in [5, 5.41) is 13.0. The molecule has 1 aliphatic rings. The van der Waals surface area contributed by atoms with Crippen LogP contribution in [0.15, 0.2) is 53.4 Å². The number of ether oxygens (including phenoxy) is 1. The summed E-state index contributed by atoms with van der Waals surface area (Å²) < 4.78 is 6.01. The van der Waals surface area contributed by atoms with Gasteiger partial charge in [0.25, 0.3) is 0 Å². The van der Waals surface area contributed by atoms with Gasteiger partial charge in [0, 0.05) is 23.3 Å². The standard InChI is InChI=1S/C21H25NO3S/c1-15(23)22-17-9-11-19(12-10-17)26-14-18(24)13-25-21-8-4-6-16-5-2-3-7-20(16)21/h2-3,5,7,9-12,18,21,24H,4,6,8,13-14H2,1H3,(H,22,23)/t18-,21-/m1/s1. The molecule has 0 saturated heterocycles. The zero-order valence-corrected chi connectivity index (χ0v) is 15.8. The third-order valence-corrected chi connectivity index (χ3v) is 5.58. The van der Waals surface area contributed by atoms with Crippen molar-refractivity contribution in [3.8, 4) is 0 Å². The number of rotatable bonds is 7. The summed E-state index contributed by atoms with van der Waals surface area (Å²) in [5.74, 6) is 0.496. The molecule has 0 fully saturated rings. The Hall–Kier alpha value is -1.82. The number of amides is 1. The van der Waals surface area contributed by atoms with Crippen LogP contribution in [-0.4, -0.2) is 29.5 Å². The van der Waals surface area contributed by atoms with E-state index in [9.17, 15) is 9.90 Å². The highest BCUT2D eigenvalue weighted by Crippen LogP contribution is 2.32. The zero-order chi connectivity index (χ0) is 18.4. The van der Waals surface area contributed by atoms with Crippen LogP contribution in [0, 0.1) is 0 Å². The van der Waals surface area contributed by atoms with Gasteiger partial charge in [-0.25, -0.2) is 0 Å². The molecule has 2 N–H and O–H groups in total. The average molecular weight is 372 g/mol. The predicted octanol–water partition coefficient (Wildman–Crippen LogP) is 4.19. The van der Waals surface area contributed by atoms with Gasteiger partial charge in [-0.2, -0.15) is 0 Å². The number of benzene rings is 2. The molecule has 0 heterocycles. The quantitative estimate of drug-likeness (QED) is 0.717. The fourth-order valence-electron chi connectivity index (χ4n) is 3.19. The number of aliphatic hydroxyl groups is 1. The van der Waals surface area contributed by atoms with Crippen LogP contribution in [0.2, 0.25) is 0 Å². The molecule has 138 valence electrons. The Morgan fingerprint density at radius 1 is 1.27 bits per heavy atom. The second kappa shape index (κ2) is 9.21. The molecule has 26 heavy (non-hydrogen) atoms. The van der Waals surface area contributed by atoms with E-state index in [-0.39, 0.29) is 12.0 Å². The molecule has 0 saturated carbocycles. The molecule has 4 nitrogen and oxygen atoms in total. The summed E-state index contributed by atoms with van der Waals surface area (Å²) in [6.45, 7) is 1.83. The third-order valence-electron chi connectivity index (χ3n) is 4.42. The van der Waals surface area contributed by atoms with Gasteiger partial charge in [0.05, 0.1) is 18.8 Å². The van der Waals surface area contributed by atoms with E-state index in [4.69, 9.17) is 4.74 Å². The molecule has 0 aromatic heterocycles. The van der Waals surface area contributed by atoms with Crippen molar-refractivity contribution in [1.82, 2.24) is 0 Å². The number of hydrogen-bond donors (Lipinski definition) is 2. The van der Waals surface area contributed by atoms with Gasteiger partial charge in [-0.1, -0.05) is 24.3 Å². The number of carbonyl (C=O) groups excluding carboxylic acids is 1. The molecule has 2 aromatic rings. The molecule has 1 aliphatic carbocycles.